The Labute approximate surface area is 113 Å². The van der Waals surface area contributed by atoms with E-state index in [0.717, 1.165) is 6.07 Å². The van der Waals surface area contributed by atoms with Gasteiger partial charge in [-0.3, -0.25) is 4.79 Å². The van der Waals surface area contributed by atoms with Crippen LogP contribution in [0, 0.1) is 11.6 Å². The lowest BCUT2D eigenvalue weighted by molar-refractivity contribution is -0.124. The van der Waals surface area contributed by atoms with Crippen LogP contribution >= 0.6 is 15.9 Å². The first-order valence-electron chi connectivity index (χ1n) is 5.27. The van der Waals surface area contributed by atoms with E-state index in [1.807, 2.05) is 20.8 Å². The molecule has 0 aromatic heterocycles. The van der Waals surface area contributed by atoms with Gasteiger partial charge in [-0.1, -0.05) is 15.9 Å². The molecule has 0 atom stereocenters. The van der Waals surface area contributed by atoms with E-state index in [-0.39, 0.29) is 12.4 Å². The number of hydrogen-bond acceptors (Lipinski definition) is 2. The standard InChI is InChI=1S/C12H14BrF2NO2/c1-12(2,3)16-10(17)6-18-9-5-7(13)4-8(14)11(9)15/h4-5H,6H2,1-3H3,(H,16,17). The van der Waals surface area contributed by atoms with Gasteiger partial charge in [-0.05, 0) is 32.9 Å². The molecule has 1 amide bonds. The van der Waals surface area contributed by atoms with Crippen molar-refractivity contribution < 1.29 is 18.3 Å². The maximum absolute atomic E-state index is 13.3. The van der Waals surface area contributed by atoms with Crippen LogP contribution in [0.3, 0.4) is 0 Å². The molecular weight excluding hydrogens is 308 g/mol. The van der Waals surface area contributed by atoms with E-state index < -0.39 is 23.1 Å². The summed E-state index contributed by atoms with van der Waals surface area (Å²) in [5.74, 6) is -2.84. The van der Waals surface area contributed by atoms with Gasteiger partial charge in [0.1, 0.15) is 0 Å². The number of hydrogen-bond donors (Lipinski definition) is 1. The highest BCUT2D eigenvalue weighted by atomic mass is 79.9. The van der Waals surface area contributed by atoms with Crippen LogP contribution in [-0.2, 0) is 4.79 Å². The third-order valence-corrected chi connectivity index (χ3v) is 2.29. The molecular formula is C12H14BrF2NO2. The summed E-state index contributed by atoms with van der Waals surface area (Å²) >= 11 is 3.02. The summed E-state index contributed by atoms with van der Waals surface area (Å²) in [6.07, 6.45) is 0. The van der Waals surface area contributed by atoms with Crippen molar-refractivity contribution in [1.82, 2.24) is 5.32 Å². The molecule has 18 heavy (non-hydrogen) atoms. The zero-order chi connectivity index (χ0) is 13.9. The highest BCUT2D eigenvalue weighted by Gasteiger charge is 2.16. The Morgan fingerprint density at radius 2 is 2.00 bits per heavy atom. The van der Waals surface area contributed by atoms with Gasteiger partial charge < -0.3 is 10.1 Å². The number of ether oxygens (including phenoxy) is 1. The Kier molecular flexibility index (Phi) is 4.67. The molecule has 1 aromatic rings. The first kappa shape index (κ1) is 14.9. The van der Waals surface area contributed by atoms with Crippen LogP contribution in [-0.4, -0.2) is 18.1 Å². The Balaban J connectivity index is 2.67. The van der Waals surface area contributed by atoms with E-state index in [0.29, 0.717) is 4.47 Å². The molecule has 0 radical (unpaired) electrons. The highest BCUT2D eigenvalue weighted by Crippen LogP contribution is 2.25. The topological polar surface area (TPSA) is 38.3 Å². The van der Waals surface area contributed by atoms with Crippen molar-refractivity contribution in [3.63, 3.8) is 0 Å². The van der Waals surface area contributed by atoms with Gasteiger partial charge in [0.15, 0.2) is 18.2 Å². The fourth-order valence-electron chi connectivity index (χ4n) is 1.24. The summed E-state index contributed by atoms with van der Waals surface area (Å²) in [5, 5.41) is 2.65. The third-order valence-electron chi connectivity index (χ3n) is 1.83. The molecule has 1 rings (SSSR count). The molecule has 0 unspecified atom stereocenters. The van der Waals surface area contributed by atoms with Crippen molar-refractivity contribution in [2.45, 2.75) is 26.3 Å². The average Bonchev–Trinajstić information content (AvgIpc) is 2.18. The predicted molar refractivity (Wildman–Crippen MR) is 67.4 cm³/mol. The fraction of sp³-hybridized carbons (Fsp3) is 0.417. The zero-order valence-corrected chi connectivity index (χ0v) is 11.9. The number of nitrogens with one attached hydrogen (secondary N) is 1. The highest BCUT2D eigenvalue weighted by molar-refractivity contribution is 9.10. The number of carbonyl (C=O) groups is 1. The van der Waals surface area contributed by atoms with Crippen molar-refractivity contribution >= 4 is 21.8 Å². The largest absolute Gasteiger partial charge is 0.481 e. The minimum absolute atomic E-state index is 0.300. The molecule has 100 valence electrons. The lowest BCUT2D eigenvalue weighted by Gasteiger charge is -2.20. The van der Waals surface area contributed by atoms with Gasteiger partial charge in [0.25, 0.3) is 5.91 Å². The zero-order valence-electron chi connectivity index (χ0n) is 10.3. The number of halogens is 3. The van der Waals surface area contributed by atoms with Crippen LogP contribution in [0.2, 0.25) is 0 Å². The fourth-order valence-corrected chi connectivity index (χ4v) is 1.64. The summed E-state index contributed by atoms with van der Waals surface area (Å²) in [6.45, 7) is 5.06. The molecule has 1 N–H and O–H groups in total. The van der Waals surface area contributed by atoms with Crippen LogP contribution in [0.15, 0.2) is 16.6 Å². The van der Waals surface area contributed by atoms with Crippen molar-refractivity contribution in [1.29, 1.82) is 0 Å². The number of benzene rings is 1. The van der Waals surface area contributed by atoms with Crippen LogP contribution in [0.5, 0.6) is 5.75 Å². The van der Waals surface area contributed by atoms with Gasteiger partial charge in [-0.2, -0.15) is 4.39 Å². The van der Waals surface area contributed by atoms with E-state index in [1.165, 1.54) is 6.07 Å². The Hall–Kier alpha value is -1.17. The number of amides is 1. The van der Waals surface area contributed by atoms with Gasteiger partial charge in [0, 0.05) is 10.0 Å². The van der Waals surface area contributed by atoms with Crippen molar-refractivity contribution in [3.8, 4) is 5.75 Å². The molecule has 0 aliphatic carbocycles. The Morgan fingerprint density at radius 3 is 2.56 bits per heavy atom. The van der Waals surface area contributed by atoms with E-state index >= 15 is 0 Å². The van der Waals surface area contributed by atoms with Gasteiger partial charge in [0.2, 0.25) is 5.82 Å². The molecule has 0 heterocycles. The normalized spacial score (nSPS) is 11.2. The van der Waals surface area contributed by atoms with Crippen molar-refractivity contribution in [3.05, 3.63) is 28.2 Å². The molecule has 0 saturated heterocycles. The van der Waals surface area contributed by atoms with Crippen LogP contribution in [0.1, 0.15) is 20.8 Å². The van der Waals surface area contributed by atoms with Gasteiger partial charge in [0.05, 0.1) is 0 Å². The molecule has 6 heteroatoms. The second kappa shape index (κ2) is 5.65. The summed E-state index contributed by atoms with van der Waals surface area (Å²) < 4.78 is 31.7. The SMILES string of the molecule is CC(C)(C)NC(=O)COc1cc(Br)cc(F)c1F. The molecule has 3 nitrogen and oxygen atoms in total. The lowest BCUT2D eigenvalue weighted by Crippen LogP contribution is -2.43. The molecule has 0 saturated carbocycles. The lowest BCUT2D eigenvalue weighted by atomic mass is 10.1. The van der Waals surface area contributed by atoms with Gasteiger partial charge >= 0.3 is 0 Å². The summed E-state index contributed by atoms with van der Waals surface area (Å²) in [4.78, 5) is 11.4. The minimum Gasteiger partial charge on any atom is -0.481 e. The quantitative estimate of drug-likeness (QED) is 0.869. The smallest absolute Gasteiger partial charge is 0.258 e. The van der Waals surface area contributed by atoms with Gasteiger partial charge in [-0.25, -0.2) is 4.39 Å². The summed E-state index contributed by atoms with van der Waals surface area (Å²) in [7, 11) is 0. The predicted octanol–water partition coefficient (Wildman–Crippen LogP) is 3.02. The van der Waals surface area contributed by atoms with E-state index in [9.17, 15) is 13.6 Å². The molecule has 0 spiro atoms. The first-order chi connectivity index (χ1) is 8.19. The Morgan fingerprint density at radius 1 is 1.39 bits per heavy atom. The van der Waals surface area contributed by atoms with Crippen LogP contribution < -0.4 is 10.1 Å². The number of carbonyl (C=O) groups excluding carboxylic acids is 1. The molecule has 0 aliphatic rings. The molecule has 0 bridgehead atoms. The second-order valence-corrected chi connectivity index (χ2v) is 5.70. The monoisotopic (exact) mass is 321 g/mol. The maximum Gasteiger partial charge on any atom is 0.258 e. The van der Waals surface area contributed by atoms with E-state index in [2.05, 4.69) is 21.2 Å². The second-order valence-electron chi connectivity index (χ2n) is 4.79. The summed E-state index contributed by atoms with van der Waals surface area (Å²) in [5.41, 5.74) is -0.401. The van der Waals surface area contributed by atoms with Crippen LogP contribution in [0.25, 0.3) is 0 Å². The Bertz CT molecular complexity index is 458. The van der Waals surface area contributed by atoms with E-state index in [1.54, 1.807) is 0 Å². The molecule has 1 aromatic carbocycles. The van der Waals surface area contributed by atoms with Gasteiger partial charge in [-0.15, -0.1) is 0 Å². The van der Waals surface area contributed by atoms with Crippen LogP contribution in [0.4, 0.5) is 8.78 Å². The van der Waals surface area contributed by atoms with Crippen molar-refractivity contribution in [2.75, 3.05) is 6.61 Å². The van der Waals surface area contributed by atoms with E-state index in [4.69, 9.17) is 4.74 Å². The molecule has 0 fully saturated rings. The molecule has 0 aliphatic heterocycles. The third kappa shape index (κ3) is 4.60. The summed E-state index contributed by atoms with van der Waals surface area (Å²) in [6, 6.07) is 2.25. The minimum atomic E-state index is -1.11. The maximum atomic E-state index is 13.3. The average molecular weight is 322 g/mol. The van der Waals surface area contributed by atoms with Crippen molar-refractivity contribution in [2.24, 2.45) is 0 Å². The first-order valence-corrected chi connectivity index (χ1v) is 6.07. The number of rotatable bonds is 3.